The molecule has 0 radical (unpaired) electrons. The summed E-state index contributed by atoms with van der Waals surface area (Å²) in [4.78, 5) is 11.1. The number of hydrogen-bond acceptors (Lipinski definition) is 3. The molecule has 0 saturated heterocycles. The Morgan fingerprint density at radius 3 is 2.86 bits per heavy atom. The van der Waals surface area contributed by atoms with Gasteiger partial charge in [0.05, 0.1) is 6.10 Å². The minimum atomic E-state index is -0.817. The van der Waals surface area contributed by atoms with Gasteiger partial charge in [0.15, 0.2) is 0 Å². The average molecular weight is 279 g/mol. The molecular formula is C9H11BrO3S. The molecule has 5 heteroatoms. The van der Waals surface area contributed by atoms with Crippen molar-refractivity contribution in [3.63, 3.8) is 0 Å². The van der Waals surface area contributed by atoms with Gasteiger partial charge in [-0.05, 0) is 40.2 Å². The highest BCUT2D eigenvalue weighted by molar-refractivity contribution is 9.10. The number of hydrogen-bond donors (Lipinski definition) is 2. The molecule has 78 valence electrons. The Morgan fingerprint density at radius 1 is 1.64 bits per heavy atom. The number of aliphatic hydroxyl groups excluding tert-OH is 1. The zero-order valence-corrected chi connectivity index (χ0v) is 9.84. The Hall–Kier alpha value is -0.390. The summed E-state index contributed by atoms with van der Waals surface area (Å²) < 4.78 is 0.894. The first kappa shape index (κ1) is 11.7. The molecular weight excluding hydrogens is 268 g/mol. The summed E-state index contributed by atoms with van der Waals surface area (Å²) in [5.74, 6) is -0.817. The second kappa shape index (κ2) is 5.48. The highest BCUT2D eigenvalue weighted by atomic mass is 79.9. The summed E-state index contributed by atoms with van der Waals surface area (Å²) >= 11 is 4.79. The molecule has 14 heavy (non-hydrogen) atoms. The van der Waals surface area contributed by atoms with Gasteiger partial charge in [0.25, 0.3) is 0 Å². The van der Waals surface area contributed by atoms with E-state index in [2.05, 4.69) is 15.9 Å². The van der Waals surface area contributed by atoms with Gasteiger partial charge >= 0.3 is 5.97 Å². The third kappa shape index (κ3) is 3.40. The van der Waals surface area contributed by atoms with Gasteiger partial charge in [-0.1, -0.05) is 0 Å². The summed E-state index contributed by atoms with van der Waals surface area (Å²) in [6.07, 6.45) is 0.551. The standard InChI is InChI=1S/C9H11BrO3S/c10-6-4-5-14-9(6)7(11)2-1-3-8(12)13/h4-5,7,11H,1-3H2,(H,12,13). The van der Waals surface area contributed by atoms with Crippen molar-refractivity contribution in [2.24, 2.45) is 0 Å². The molecule has 0 bridgehead atoms. The molecule has 0 aliphatic rings. The van der Waals surface area contributed by atoms with Crippen LogP contribution in [0, 0.1) is 0 Å². The number of aliphatic carboxylic acids is 1. The quantitative estimate of drug-likeness (QED) is 0.871. The van der Waals surface area contributed by atoms with Crippen molar-refractivity contribution in [1.82, 2.24) is 0 Å². The van der Waals surface area contributed by atoms with Gasteiger partial charge in [-0.15, -0.1) is 11.3 Å². The summed E-state index contributed by atoms with van der Waals surface area (Å²) in [6, 6.07) is 1.88. The van der Waals surface area contributed by atoms with Gasteiger partial charge in [0, 0.05) is 15.8 Å². The molecule has 1 heterocycles. The third-order valence-corrected chi connectivity index (χ3v) is 3.79. The minimum Gasteiger partial charge on any atom is -0.481 e. The van der Waals surface area contributed by atoms with E-state index in [0.29, 0.717) is 12.8 Å². The van der Waals surface area contributed by atoms with Gasteiger partial charge in [0.1, 0.15) is 0 Å². The smallest absolute Gasteiger partial charge is 0.303 e. The number of thiophene rings is 1. The lowest BCUT2D eigenvalue weighted by Crippen LogP contribution is -1.99. The second-order valence-electron chi connectivity index (χ2n) is 2.93. The van der Waals surface area contributed by atoms with E-state index >= 15 is 0 Å². The highest BCUT2D eigenvalue weighted by Gasteiger charge is 2.12. The summed E-state index contributed by atoms with van der Waals surface area (Å²) in [6.45, 7) is 0. The lowest BCUT2D eigenvalue weighted by atomic mass is 10.1. The Labute approximate surface area is 94.5 Å². The lowest BCUT2D eigenvalue weighted by molar-refractivity contribution is -0.137. The number of carboxylic acids is 1. The zero-order chi connectivity index (χ0) is 10.6. The van der Waals surface area contributed by atoms with E-state index in [1.165, 1.54) is 11.3 Å². The molecule has 1 aromatic heterocycles. The second-order valence-corrected chi connectivity index (χ2v) is 4.74. The Balaban J connectivity index is 2.39. The van der Waals surface area contributed by atoms with Crippen LogP contribution >= 0.6 is 27.3 Å². The van der Waals surface area contributed by atoms with Crippen molar-refractivity contribution >= 4 is 33.2 Å². The van der Waals surface area contributed by atoms with E-state index in [4.69, 9.17) is 5.11 Å². The molecule has 1 aromatic rings. The maximum Gasteiger partial charge on any atom is 0.303 e. The van der Waals surface area contributed by atoms with E-state index in [1.807, 2.05) is 11.4 Å². The van der Waals surface area contributed by atoms with Crippen LogP contribution < -0.4 is 0 Å². The summed E-state index contributed by atoms with van der Waals surface area (Å²) in [7, 11) is 0. The predicted octanol–water partition coefficient (Wildman–Crippen LogP) is 2.80. The molecule has 0 saturated carbocycles. The van der Waals surface area contributed by atoms with E-state index < -0.39 is 12.1 Å². The lowest BCUT2D eigenvalue weighted by Gasteiger charge is -2.07. The molecule has 0 fully saturated rings. The van der Waals surface area contributed by atoms with Crippen LogP contribution in [0.3, 0.4) is 0 Å². The van der Waals surface area contributed by atoms with Crippen molar-refractivity contribution in [2.75, 3.05) is 0 Å². The summed E-state index contributed by atoms with van der Waals surface area (Å²) in [5, 5.41) is 20.0. The Bertz CT molecular complexity index is 311. The molecule has 1 atom stereocenters. The molecule has 0 aromatic carbocycles. The van der Waals surface area contributed by atoms with Crippen LogP contribution in [-0.2, 0) is 4.79 Å². The van der Waals surface area contributed by atoms with Gasteiger partial charge in [-0.3, -0.25) is 4.79 Å². The first-order valence-electron chi connectivity index (χ1n) is 4.24. The maximum atomic E-state index is 10.2. The first-order chi connectivity index (χ1) is 6.61. The zero-order valence-electron chi connectivity index (χ0n) is 7.44. The van der Waals surface area contributed by atoms with Crippen molar-refractivity contribution in [1.29, 1.82) is 0 Å². The van der Waals surface area contributed by atoms with Crippen molar-refractivity contribution < 1.29 is 15.0 Å². The van der Waals surface area contributed by atoms with E-state index in [-0.39, 0.29) is 6.42 Å². The number of aliphatic hydroxyl groups is 1. The van der Waals surface area contributed by atoms with Crippen molar-refractivity contribution in [2.45, 2.75) is 25.4 Å². The number of rotatable bonds is 5. The van der Waals surface area contributed by atoms with Gasteiger partial charge in [0.2, 0.25) is 0 Å². The fraction of sp³-hybridized carbons (Fsp3) is 0.444. The van der Waals surface area contributed by atoms with E-state index in [1.54, 1.807) is 0 Å². The Kier molecular flexibility index (Phi) is 4.57. The maximum absolute atomic E-state index is 10.2. The fourth-order valence-electron chi connectivity index (χ4n) is 1.12. The Morgan fingerprint density at radius 2 is 2.36 bits per heavy atom. The molecule has 0 spiro atoms. The van der Waals surface area contributed by atoms with Crippen LogP contribution in [-0.4, -0.2) is 16.2 Å². The van der Waals surface area contributed by atoms with Gasteiger partial charge < -0.3 is 10.2 Å². The van der Waals surface area contributed by atoms with Crippen LogP contribution in [0.15, 0.2) is 15.9 Å². The molecule has 1 unspecified atom stereocenters. The highest BCUT2D eigenvalue weighted by Crippen LogP contribution is 2.31. The monoisotopic (exact) mass is 278 g/mol. The molecule has 0 amide bonds. The SMILES string of the molecule is O=C(O)CCCC(O)c1sccc1Br. The first-order valence-corrected chi connectivity index (χ1v) is 5.91. The molecule has 3 nitrogen and oxygen atoms in total. The van der Waals surface area contributed by atoms with E-state index in [0.717, 1.165) is 9.35 Å². The van der Waals surface area contributed by atoms with Crippen molar-refractivity contribution in [3.05, 3.63) is 20.8 Å². The van der Waals surface area contributed by atoms with Crippen LogP contribution in [0.5, 0.6) is 0 Å². The normalized spacial score (nSPS) is 12.7. The third-order valence-electron chi connectivity index (χ3n) is 1.82. The van der Waals surface area contributed by atoms with Crippen LogP contribution in [0.4, 0.5) is 0 Å². The number of carboxylic acid groups (broad SMARTS) is 1. The topological polar surface area (TPSA) is 57.5 Å². The van der Waals surface area contributed by atoms with Crippen LogP contribution in [0.2, 0.25) is 0 Å². The predicted molar refractivity (Wildman–Crippen MR) is 58.5 cm³/mol. The minimum absolute atomic E-state index is 0.111. The van der Waals surface area contributed by atoms with Crippen LogP contribution in [0.25, 0.3) is 0 Å². The van der Waals surface area contributed by atoms with Gasteiger partial charge in [-0.2, -0.15) is 0 Å². The number of halogens is 1. The number of carbonyl (C=O) groups is 1. The molecule has 1 rings (SSSR count). The molecule has 0 aliphatic carbocycles. The molecule has 2 N–H and O–H groups in total. The average Bonchev–Trinajstić information content (AvgIpc) is 2.50. The summed E-state index contributed by atoms with van der Waals surface area (Å²) in [5.41, 5.74) is 0. The van der Waals surface area contributed by atoms with E-state index in [9.17, 15) is 9.90 Å². The molecule has 0 aliphatic heterocycles. The van der Waals surface area contributed by atoms with Gasteiger partial charge in [-0.25, -0.2) is 0 Å². The fourth-order valence-corrected chi connectivity index (χ4v) is 2.78. The van der Waals surface area contributed by atoms with Crippen LogP contribution in [0.1, 0.15) is 30.2 Å². The largest absolute Gasteiger partial charge is 0.481 e. The van der Waals surface area contributed by atoms with Crippen molar-refractivity contribution in [3.8, 4) is 0 Å².